The smallest absolute Gasteiger partial charge is 0.394 e. The number of fused-ring (bicyclic) bond motifs is 3. The number of anilines is 1. The molecule has 1 aromatic heterocycles. The first kappa shape index (κ1) is 24.6. The first-order valence-corrected chi connectivity index (χ1v) is 10.4. The molecule has 2 heterocycles. The number of nitriles is 1. The van der Waals surface area contributed by atoms with E-state index in [0.29, 0.717) is 16.8 Å². The van der Waals surface area contributed by atoms with E-state index in [1.165, 1.54) is 6.07 Å². The lowest BCUT2D eigenvalue weighted by Gasteiger charge is -2.42. The molecule has 0 bridgehead atoms. The summed E-state index contributed by atoms with van der Waals surface area (Å²) in [6, 6.07) is 2.35. The van der Waals surface area contributed by atoms with Crippen LogP contribution in [0.1, 0.15) is 16.8 Å². The van der Waals surface area contributed by atoms with Gasteiger partial charge in [-0.15, -0.1) is 11.6 Å². The van der Waals surface area contributed by atoms with E-state index in [4.69, 9.17) is 23.2 Å². The highest BCUT2D eigenvalue weighted by Gasteiger charge is 2.51. The van der Waals surface area contributed by atoms with Crippen LogP contribution in [0, 0.1) is 11.3 Å². The molecule has 3 unspecified atom stereocenters. The number of nitrogens with one attached hydrogen (secondary N) is 1. The van der Waals surface area contributed by atoms with Gasteiger partial charge in [-0.25, -0.2) is 8.89 Å². The maximum Gasteiger partial charge on any atom is 0.476 e. The number of hydrogen-bond acceptors (Lipinski definition) is 6. The molecule has 2 aromatic rings. The number of alkyl halides is 7. The van der Waals surface area contributed by atoms with Crippen molar-refractivity contribution in [1.82, 2.24) is 9.78 Å². The highest BCUT2D eigenvalue weighted by molar-refractivity contribution is 7.86. The van der Waals surface area contributed by atoms with Crippen molar-refractivity contribution in [2.24, 2.45) is 0 Å². The van der Waals surface area contributed by atoms with Gasteiger partial charge in [-0.05, 0) is 12.1 Å². The number of nitrogens with zero attached hydrogens (tertiary/aromatic N) is 3. The summed E-state index contributed by atoms with van der Waals surface area (Å²) >= 11 is 12.0. The maximum atomic E-state index is 13.4. The molecule has 0 radical (unpaired) electrons. The zero-order valence-corrected chi connectivity index (χ0v) is 17.6. The minimum absolute atomic E-state index is 0.441. The first-order chi connectivity index (χ1) is 14.7. The third-order valence-electron chi connectivity index (χ3n) is 4.72. The van der Waals surface area contributed by atoms with Gasteiger partial charge in [0.2, 0.25) is 0 Å². The van der Waals surface area contributed by atoms with Crippen molar-refractivity contribution in [3.63, 3.8) is 0 Å². The Morgan fingerprint density at radius 3 is 2.41 bits per heavy atom. The average molecular weight is 523 g/mol. The van der Waals surface area contributed by atoms with Gasteiger partial charge in [0.15, 0.2) is 16.5 Å². The largest absolute Gasteiger partial charge is 0.476 e. The van der Waals surface area contributed by atoms with E-state index in [-0.39, 0.29) is 0 Å². The minimum Gasteiger partial charge on any atom is -0.394 e. The molecule has 0 fully saturated rings. The second-order valence-corrected chi connectivity index (χ2v) is 8.63. The summed E-state index contributed by atoms with van der Waals surface area (Å²) in [6.07, 6.45) is -6.87. The van der Waals surface area contributed by atoms with Crippen LogP contribution < -0.4 is 5.32 Å². The molecule has 1 aliphatic heterocycles. The normalized spacial score (nSPS) is 20.0. The molecule has 0 saturated heterocycles. The van der Waals surface area contributed by atoms with Crippen molar-refractivity contribution in [2.45, 2.75) is 28.2 Å². The van der Waals surface area contributed by atoms with Crippen LogP contribution in [0.4, 0.5) is 32.2 Å². The van der Waals surface area contributed by atoms with Crippen LogP contribution in [-0.2, 0) is 22.5 Å². The first-order valence-electron chi connectivity index (χ1n) is 8.29. The summed E-state index contributed by atoms with van der Waals surface area (Å²) in [4.78, 5) is -1.14. The molecule has 3 atom stereocenters. The molecule has 3 N–H and O–H groups in total. The van der Waals surface area contributed by atoms with Crippen LogP contribution in [0.5, 0.6) is 0 Å². The maximum absolute atomic E-state index is 13.4. The highest BCUT2D eigenvalue weighted by Crippen LogP contribution is 2.48. The van der Waals surface area contributed by atoms with Gasteiger partial charge in [0.1, 0.15) is 28.4 Å². The van der Waals surface area contributed by atoms with E-state index in [0.717, 1.165) is 0 Å². The van der Waals surface area contributed by atoms with E-state index < -0.39 is 84.9 Å². The van der Waals surface area contributed by atoms with E-state index in [9.17, 15) is 46.0 Å². The summed E-state index contributed by atoms with van der Waals surface area (Å²) in [5, 5.41) is 34.5. The van der Waals surface area contributed by atoms with E-state index in [2.05, 4.69) is 10.4 Å². The van der Waals surface area contributed by atoms with Gasteiger partial charge >= 0.3 is 11.7 Å². The van der Waals surface area contributed by atoms with Gasteiger partial charge in [-0.2, -0.15) is 36.7 Å². The van der Waals surface area contributed by atoms with Crippen molar-refractivity contribution in [3.8, 4) is 11.8 Å². The Labute approximate surface area is 187 Å². The summed E-state index contributed by atoms with van der Waals surface area (Å²) in [7, 11) is -3.80. The van der Waals surface area contributed by atoms with Crippen molar-refractivity contribution < 1.29 is 40.8 Å². The molecule has 174 valence electrons. The number of aliphatic hydroxyl groups is 2. The monoisotopic (exact) mass is 522 g/mol. The molecule has 16 heteroatoms. The molecule has 1 aromatic carbocycles. The molecule has 32 heavy (non-hydrogen) atoms. The molecular weight excluding hydrogens is 513 g/mol. The van der Waals surface area contributed by atoms with E-state index in [1.54, 1.807) is 0 Å². The molecule has 0 amide bonds. The lowest BCUT2D eigenvalue weighted by molar-refractivity contribution is -0.137. The molecule has 0 aliphatic carbocycles. The van der Waals surface area contributed by atoms with Gasteiger partial charge in [0.25, 0.3) is 0 Å². The Balaban J connectivity index is 2.47. The average Bonchev–Trinajstić information content (AvgIpc) is 3.07. The Hall–Kier alpha value is -2.05. The number of aromatic nitrogens is 2. The fourth-order valence-corrected chi connectivity index (χ4v) is 4.74. The molecule has 0 saturated carbocycles. The lowest BCUT2D eigenvalue weighted by atomic mass is 9.82. The zero-order valence-electron chi connectivity index (χ0n) is 15.2. The van der Waals surface area contributed by atoms with Crippen LogP contribution in [0.2, 0.25) is 5.02 Å². The SMILES string of the molecule is N#Cc1nn2c(c1S(=O)C(F)(F)F)NC(CCl)(C(O)CO)c1cc(C(F)(F)F)cc(Cl)c1-2. The summed E-state index contributed by atoms with van der Waals surface area (Å²) in [6.45, 7) is -1.08. The van der Waals surface area contributed by atoms with Gasteiger partial charge in [0.05, 0.1) is 28.8 Å². The van der Waals surface area contributed by atoms with Crippen LogP contribution in [0.3, 0.4) is 0 Å². The topological polar surface area (TPSA) is 111 Å². The van der Waals surface area contributed by atoms with Crippen molar-refractivity contribution in [1.29, 1.82) is 5.26 Å². The van der Waals surface area contributed by atoms with Crippen LogP contribution >= 0.6 is 23.2 Å². The van der Waals surface area contributed by atoms with Crippen molar-refractivity contribution >= 4 is 39.8 Å². The van der Waals surface area contributed by atoms with Gasteiger partial charge in [0, 0.05) is 5.56 Å². The fourth-order valence-electron chi connectivity index (χ4n) is 3.25. The third kappa shape index (κ3) is 3.71. The predicted octanol–water partition coefficient (Wildman–Crippen LogP) is 3.26. The van der Waals surface area contributed by atoms with E-state index >= 15 is 0 Å². The quantitative estimate of drug-likeness (QED) is 0.420. The lowest BCUT2D eigenvalue weighted by Crippen LogP contribution is -2.53. The number of aliphatic hydroxyl groups excluding tert-OH is 2. The van der Waals surface area contributed by atoms with Crippen LogP contribution in [-0.4, -0.2) is 48.3 Å². The Morgan fingerprint density at radius 1 is 1.31 bits per heavy atom. The van der Waals surface area contributed by atoms with E-state index in [1.807, 2.05) is 0 Å². The molecule has 7 nitrogen and oxygen atoms in total. The molecule has 1 aliphatic rings. The standard InChI is InChI=1S/C16H10Cl2F6N4O3S/c17-5-14(10(30)4-29)7-1-6(15(19,20)21)2-8(18)11(7)28-13(26-14)12(9(3-25)27-28)32(31)16(22,23)24/h1-2,10,26,29-30H,4-5H2. The zero-order chi connectivity index (χ0) is 24.2. The molecule has 0 spiro atoms. The summed E-state index contributed by atoms with van der Waals surface area (Å²) in [5.74, 6) is -1.51. The highest BCUT2D eigenvalue weighted by atomic mass is 35.5. The predicted molar refractivity (Wildman–Crippen MR) is 99.9 cm³/mol. The van der Waals surface area contributed by atoms with Crippen molar-refractivity contribution in [3.05, 3.63) is 34.0 Å². The van der Waals surface area contributed by atoms with Gasteiger partial charge < -0.3 is 15.5 Å². The Bertz CT molecular complexity index is 1150. The van der Waals surface area contributed by atoms with Gasteiger partial charge in [-0.3, -0.25) is 0 Å². The summed E-state index contributed by atoms with van der Waals surface area (Å²) in [5.41, 5.74) is -10.7. The number of hydrogen-bond donors (Lipinski definition) is 3. The molecule has 3 rings (SSSR count). The second-order valence-electron chi connectivity index (χ2n) is 6.54. The van der Waals surface area contributed by atoms with Gasteiger partial charge in [-0.1, -0.05) is 11.6 Å². The van der Waals surface area contributed by atoms with Crippen molar-refractivity contribution in [2.75, 3.05) is 17.8 Å². The Kier molecular flexibility index (Phi) is 6.20. The van der Waals surface area contributed by atoms with Crippen LogP contribution in [0.25, 0.3) is 5.69 Å². The molecular formula is C16H10Cl2F6N4O3S. The number of rotatable bonds is 4. The number of benzene rings is 1. The summed E-state index contributed by atoms with van der Waals surface area (Å²) < 4.78 is 92.5. The number of halogens is 8. The van der Waals surface area contributed by atoms with Crippen LogP contribution in [0.15, 0.2) is 17.0 Å². The Morgan fingerprint density at radius 2 is 1.94 bits per heavy atom. The third-order valence-corrected chi connectivity index (χ3v) is 6.61. The second kappa shape index (κ2) is 8.07. The fraction of sp³-hybridized carbons (Fsp3) is 0.375. The minimum atomic E-state index is -5.33.